The van der Waals surface area contributed by atoms with E-state index in [1.807, 2.05) is 0 Å². The Balaban J connectivity index is 1.69. The first kappa shape index (κ1) is 22.0. The van der Waals surface area contributed by atoms with Gasteiger partial charge in [-0.1, -0.05) is 6.07 Å². The number of carbonyl (C=O) groups is 3. The molecule has 2 aliphatic heterocycles. The maximum Gasteiger partial charge on any atom is 0.291 e. The number of furan rings is 1. The number of rotatable bonds is 8. The van der Waals surface area contributed by atoms with E-state index in [4.69, 9.17) is 18.6 Å². The Morgan fingerprint density at radius 3 is 2.47 bits per heavy atom. The number of nitrogens with zero attached hydrogens (tertiary/aromatic N) is 2. The Labute approximate surface area is 185 Å². The zero-order valence-corrected chi connectivity index (χ0v) is 18.1. The van der Waals surface area contributed by atoms with E-state index in [9.17, 15) is 14.4 Å². The molecule has 9 nitrogen and oxygen atoms in total. The van der Waals surface area contributed by atoms with Crippen molar-refractivity contribution in [2.75, 3.05) is 53.6 Å². The summed E-state index contributed by atoms with van der Waals surface area (Å²) in [6, 6.07) is 7.48. The van der Waals surface area contributed by atoms with Crippen LogP contribution in [0.5, 0.6) is 11.5 Å². The quantitative estimate of drug-likeness (QED) is 0.345. The van der Waals surface area contributed by atoms with E-state index in [-0.39, 0.29) is 5.76 Å². The largest absolute Gasteiger partial charge is 0.493 e. The summed E-state index contributed by atoms with van der Waals surface area (Å²) in [6.07, 6.45) is 1.37. The Hall–Kier alpha value is -3.17. The lowest BCUT2D eigenvalue weighted by Crippen LogP contribution is -2.42. The normalized spacial score (nSPS) is 21.8. The highest BCUT2D eigenvalue weighted by Crippen LogP contribution is 2.41. The molecule has 0 saturated carbocycles. The minimum absolute atomic E-state index is 0.0525. The summed E-state index contributed by atoms with van der Waals surface area (Å²) in [5.41, 5.74) is 0.619. The van der Waals surface area contributed by atoms with Gasteiger partial charge < -0.3 is 23.5 Å². The third-order valence-electron chi connectivity index (χ3n) is 5.96. The monoisotopic (exact) mass is 442 g/mol. The van der Waals surface area contributed by atoms with Crippen LogP contribution in [0.15, 0.2) is 41.0 Å². The van der Waals surface area contributed by atoms with Crippen molar-refractivity contribution in [2.45, 2.75) is 6.04 Å². The Kier molecular flexibility index (Phi) is 6.57. The molecule has 3 heterocycles. The highest BCUT2D eigenvalue weighted by molar-refractivity contribution is 6.43. The number of hydrogen-bond acceptors (Lipinski definition) is 8. The number of ether oxygens (including phenoxy) is 3. The zero-order chi connectivity index (χ0) is 22.7. The summed E-state index contributed by atoms with van der Waals surface area (Å²) in [4.78, 5) is 42.9. The number of methoxy groups -OCH3 is 2. The van der Waals surface area contributed by atoms with Crippen LogP contribution in [0.25, 0.3) is 0 Å². The van der Waals surface area contributed by atoms with Gasteiger partial charge in [-0.05, 0) is 29.8 Å². The van der Waals surface area contributed by atoms with Crippen molar-refractivity contribution >= 4 is 17.5 Å². The highest BCUT2D eigenvalue weighted by Gasteiger charge is 2.52. The summed E-state index contributed by atoms with van der Waals surface area (Å²) in [7, 11) is 3.03. The molecule has 0 bridgehead atoms. The molecular formula is C23H26N2O7. The predicted octanol–water partition coefficient (Wildman–Crippen LogP) is 1.58. The summed E-state index contributed by atoms with van der Waals surface area (Å²) in [6.45, 7) is 3.66. The molecule has 9 heteroatoms. The molecule has 0 N–H and O–H groups in total. The molecule has 1 aromatic heterocycles. The first-order chi connectivity index (χ1) is 15.5. The fraction of sp³-hybridized carbons (Fsp3) is 0.435. The van der Waals surface area contributed by atoms with Crippen molar-refractivity contribution in [2.24, 2.45) is 5.92 Å². The first-order valence-corrected chi connectivity index (χ1v) is 10.5. The lowest BCUT2D eigenvalue weighted by atomic mass is 9.88. The smallest absolute Gasteiger partial charge is 0.291 e. The van der Waals surface area contributed by atoms with Crippen LogP contribution < -0.4 is 9.47 Å². The van der Waals surface area contributed by atoms with Gasteiger partial charge in [-0.2, -0.15) is 0 Å². The van der Waals surface area contributed by atoms with Crippen LogP contribution in [0, 0.1) is 5.92 Å². The average molecular weight is 442 g/mol. The topological polar surface area (TPSA) is 98.5 Å². The minimum Gasteiger partial charge on any atom is -0.493 e. The molecule has 2 atom stereocenters. The fourth-order valence-corrected chi connectivity index (χ4v) is 4.28. The van der Waals surface area contributed by atoms with E-state index < -0.39 is 29.4 Å². The van der Waals surface area contributed by atoms with E-state index in [0.29, 0.717) is 43.4 Å². The molecule has 0 spiro atoms. The molecule has 2 unspecified atom stereocenters. The van der Waals surface area contributed by atoms with Crippen LogP contribution in [0.1, 0.15) is 22.2 Å². The minimum atomic E-state index is -1.20. The van der Waals surface area contributed by atoms with Crippen LogP contribution >= 0.6 is 0 Å². The number of benzene rings is 1. The highest BCUT2D eigenvalue weighted by atomic mass is 16.5. The van der Waals surface area contributed by atoms with E-state index >= 15 is 0 Å². The summed E-state index contributed by atoms with van der Waals surface area (Å²) >= 11 is 0. The third-order valence-corrected chi connectivity index (χ3v) is 5.96. The van der Waals surface area contributed by atoms with Crippen molar-refractivity contribution in [3.05, 3.63) is 47.9 Å². The Morgan fingerprint density at radius 1 is 1.06 bits per heavy atom. The second kappa shape index (κ2) is 9.54. The van der Waals surface area contributed by atoms with Gasteiger partial charge in [0.1, 0.15) is 5.92 Å². The lowest BCUT2D eigenvalue weighted by Gasteiger charge is -2.31. The molecule has 1 aromatic carbocycles. The number of hydrogen-bond donors (Lipinski definition) is 0. The summed E-state index contributed by atoms with van der Waals surface area (Å²) < 4.78 is 21.3. The van der Waals surface area contributed by atoms with Gasteiger partial charge in [0.2, 0.25) is 11.6 Å². The number of amides is 1. The molecule has 4 rings (SSSR count). The summed E-state index contributed by atoms with van der Waals surface area (Å²) in [5.74, 6) is -2.08. The van der Waals surface area contributed by atoms with Crippen LogP contribution in [-0.2, 0) is 14.3 Å². The van der Waals surface area contributed by atoms with Crippen LogP contribution in [0.4, 0.5) is 0 Å². The summed E-state index contributed by atoms with van der Waals surface area (Å²) in [5, 5.41) is 0. The van der Waals surface area contributed by atoms with Gasteiger partial charge in [0.05, 0.1) is 39.7 Å². The number of carbonyl (C=O) groups excluding carboxylic acids is 3. The molecule has 170 valence electrons. The van der Waals surface area contributed by atoms with Gasteiger partial charge >= 0.3 is 0 Å². The van der Waals surface area contributed by atoms with Gasteiger partial charge in [-0.25, -0.2) is 0 Å². The van der Waals surface area contributed by atoms with Crippen LogP contribution in [0.2, 0.25) is 0 Å². The van der Waals surface area contributed by atoms with E-state index in [2.05, 4.69) is 4.90 Å². The van der Waals surface area contributed by atoms with Crippen molar-refractivity contribution in [3.8, 4) is 11.5 Å². The molecule has 2 aliphatic rings. The van der Waals surface area contributed by atoms with E-state index in [1.54, 1.807) is 24.3 Å². The maximum absolute atomic E-state index is 13.2. The second-order valence-corrected chi connectivity index (χ2v) is 7.70. The van der Waals surface area contributed by atoms with Crippen molar-refractivity contribution in [1.82, 2.24) is 9.80 Å². The van der Waals surface area contributed by atoms with E-state index in [1.165, 1.54) is 31.4 Å². The van der Waals surface area contributed by atoms with Crippen molar-refractivity contribution in [3.63, 3.8) is 0 Å². The molecule has 2 aromatic rings. The van der Waals surface area contributed by atoms with Gasteiger partial charge in [0, 0.05) is 26.2 Å². The maximum atomic E-state index is 13.2. The van der Waals surface area contributed by atoms with Crippen LogP contribution in [-0.4, -0.2) is 80.9 Å². The number of morpholine rings is 1. The van der Waals surface area contributed by atoms with Gasteiger partial charge in [0.25, 0.3) is 5.91 Å². The van der Waals surface area contributed by atoms with Gasteiger partial charge in [0.15, 0.2) is 17.3 Å². The van der Waals surface area contributed by atoms with Crippen molar-refractivity contribution < 1.29 is 33.0 Å². The third kappa shape index (κ3) is 4.13. The SMILES string of the molecule is COc1ccc(C2C(C(=O)c3ccco3)C(=O)C(=O)N2CCN2CCOCC2)cc1OC. The molecule has 0 radical (unpaired) electrons. The number of ketones is 2. The molecule has 32 heavy (non-hydrogen) atoms. The standard InChI is InChI=1S/C23H26N2O7/c1-29-16-6-5-15(14-18(16)30-2)20-19(21(26)17-4-3-11-32-17)22(27)23(28)25(20)8-7-24-9-12-31-13-10-24/h3-6,11,14,19-20H,7-10,12-13H2,1-2H3. The Morgan fingerprint density at radius 2 is 1.81 bits per heavy atom. The number of likely N-dealkylation sites (tertiary alicyclic amines) is 1. The molecule has 1 amide bonds. The van der Waals surface area contributed by atoms with Gasteiger partial charge in [-0.15, -0.1) is 0 Å². The molecule has 2 fully saturated rings. The Bertz CT molecular complexity index is 982. The number of Topliss-reactive ketones (excluding diaryl/α,β-unsaturated/α-hetero) is 2. The van der Waals surface area contributed by atoms with Crippen molar-refractivity contribution in [1.29, 1.82) is 0 Å². The first-order valence-electron chi connectivity index (χ1n) is 10.5. The molecule has 2 saturated heterocycles. The average Bonchev–Trinajstić information content (AvgIpc) is 3.45. The van der Waals surface area contributed by atoms with E-state index in [0.717, 1.165) is 13.1 Å². The fourth-order valence-electron chi connectivity index (χ4n) is 4.28. The zero-order valence-electron chi connectivity index (χ0n) is 18.1. The molecule has 0 aliphatic carbocycles. The second-order valence-electron chi connectivity index (χ2n) is 7.70. The molecular weight excluding hydrogens is 416 g/mol. The van der Waals surface area contributed by atoms with Crippen LogP contribution in [0.3, 0.4) is 0 Å². The predicted molar refractivity (Wildman–Crippen MR) is 113 cm³/mol. The lowest BCUT2D eigenvalue weighted by molar-refractivity contribution is -0.141. The van der Waals surface area contributed by atoms with Gasteiger partial charge in [-0.3, -0.25) is 19.3 Å².